The average Bonchev–Trinajstić information content (AvgIpc) is 2.14. The lowest BCUT2D eigenvalue weighted by atomic mass is 10.2. The number of rotatable bonds is 4. The summed E-state index contributed by atoms with van der Waals surface area (Å²) in [4.78, 5) is 0. The fourth-order valence-corrected chi connectivity index (χ4v) is 1.45. The quantitative estimate of drug-likeness (QED) is 0.848. The van der Waals surface area contributed by atoms with E-state index < -0.39 is 0 Å². The number of benzene rings is 1. The van der Waals surface area contributed by atoms with Crippen LogP contribution in [0.5, 0.6) is 0 Å². The number of halogens is 1. The number of nitrogens with one attached hydrogen (secondary N) is 1. The van der Waals surface area contributed by atoms with Crippen molar-refractivity contribution in [2.24, 2.45) is 0 Å². The normalized spacial score (nSPS) is 12.8. The van der Waals surface area contributed by atoms with Crippen LogP contribution >= 0.6 is 15.9 Å². The molecular weight excluding hydrogens is 230 g/mol. The molecule has 0 aliphatic rings. The van der Waals surface area contributed by atoms with E-state index in [1.165, 1.54) is 5.56 Å². The zero-order chi connectivity index (χ0) is 9.68. The molecule has 0 aromatic heterocycles. The molecule has 13 heavy (non-hydrogen) atoms. The van der Waals surface area contributed by atoms with Crippen LogP contribution in [0.15, 0.2) is 28.7 Å². The number of hydrogen-bond donors (Lipinski definition) is 2. The van der Waals surface area contributed by atoms with Gasteiger partial charge < -0.3 is 10.4 Å². The van der Waals surface area contributed by atoms with Gasteiger partial charge in [0.1, 0.15) is 0 Å². The second-order valence-corrected chi connectivity index (χ2v) is 4.01. The first-order valence-electron chi connectivity index (χ1n) is 4.31. The lowest BCUT2D eigenvalue weighted by molar-refractivity contribution is 0.251. The van der Waals surface area contributed by atoms with Gasteiger partial charge in [-0.3, -0.25) is 0 Å². The van der Waals surface area contributed by atoms with Gasteiger partial charge in [-0.25, -0.2) is 0 Å². The minimum Gasteiger partial charge on any atom is -0.395 e. The first-order valence-corrected chi connectivity index (χ1v) is 5.10. The van der Waals surface area contributed by atoms with Crippen LogP contribution in [0.4, 0.5) is 0 Å². The maximum Gasteiger partial charge on any atom is 0.0582 e. The van der Waals surface area contributed by atoms with E-state index in [0.717, 1.165) is 11.0 Å². The Labute approximate surface area is 87.1 Å². The third-order valence-corrected chi connectivity index (χ3v) is 2.31. The smallest absolute Gasteiger partial charge is 0.0582 e. The van der Waals surface area contributed by atoms with E-state index in [4.69, 9.17) is 5.11 Å². The molecule has 0 unspecified atom stereocenters. The highest BCUT2D eigenvalue weighted by atomic mass is 79.9. The highest BCUT2D eigenvalue weighted by molar-refractivity contribution is 9.10. The Hall–Kier alpha value is -0.380. The van der Waals surface area contributed by atoms with Gasteiger partial charge in [-0.1, -0.05) is 28.1 Å². The van der Waals surface area contributed by atoms with E-state index in [-0.39, 0.29) is 12.6 Å². The third kappa shape index (κ3) is 3.89. The fourth-order valence-electron chi connectivity index (χ4n) is 1.00. The van der Waals surface area contributed by atoms with Crippen LogP contribution in [-0.2, 0) is 6.54 Å². The molecule has 0 radical (unpaired) electrons. The molecule has 2 N–H and O–H groups in total. The van der Waals surface area contributed by atoms with Gasteiger partial charge in [-0.2, -0.15) is 0 Å². The maximum atomic E-state index is 8.80. The second kappa shape index (κ2) is 5.37. The molecule has 0 amide bonds. The van der Waals surface area contributed by atoms with Crippen molar-refractivity contribution in [3.8, 4) is 0 Å². The van der Waals surface area contributed by atoms with Gasteiger partial charge in [0.2, 0.25) is 0 Å². The Bertz CT molecular complexity index is 265. The monoisotopic (exact) mass is 243 g/mol. The Morgan fingerprint density at radius 3 is 2.92 bits per heavy atom. The molecule has 72 valence electrons. The summed E-state index contributed by atoms with van der Waals surface area (Å²) in [7, 11) is 0. The van der Waals surface area contributed by atoms with Gasteiger partial charge >= 0.3 is 0 Å². The number of hydrogen-bond acceptors (Lipinski definition) is 2. The molecule has 1 atom stereocenters. The van der Waals surface area contributed by atoms with Crippen molar-refractivity contribution in [2.45, 2.75) is 19.5 Å². The van der Waals surface area contributed by atoms with Gasteiger partial charge in [-0.15, -0.1) is 0 Å². The molecule has 0 bridgehead atoms. The maximum absolute atomic E-state index is 8.80. The van der Waals surface area contributed by atoms with Gasteiger partial charge in [0.25, 0.3) is 0 Å². The van der Waals surface area contributed by atoms with Crippen LogP contribution in [-0.4, -0.2) is 17.8 Å². The van der Waals surface area contributed by atoms with E-state index in [9.17, 15) is 0 Å². The molecule has 1 aromatic carbocycles. The van der Waals surface area contributed by atoms with Gasteiger partial charge in [0.15, 0.2) is 0 Å². The van der Waals surface area contributed by atoms with Crippen LogP contribution < -0.4 is 5.32 Å². The van der Waals surface area contributed by atoms with Crippen LogP contribution in [0.25, 0.3) is 0 Å². The average molecular weight is 244 g/mol. The molecule has 2 nitrogen and oxygen atoms in total. The van der Waals surface area contributed by atoms with E-state index in [0.29, 0.717) is 0 Å². The molecule has 0 saturated carbocycles. The Balaban J connectivity index is 2.45. The summed E-state index contributed by atoms with van der Waals surface area (Å²) in [6.07, 6.45) is 0. The second-order valence-electron chi connectivity index (χ2n) is 3.09. The van der Waals surface area contributed by atoms with Gasteiger partial charge in [-0.05, 0) is 24.6 Å². The van der Waals surface area contributed by atoms with Crippen LogP contribution in [0.2, 0.25) is 0 Å². The molecule has 0 fully saturated rings. The van der Waals surface area contributed by atoms with Crippen LogP contribution in [0, 0.1) is 0 Å². The van der Waals surface area contributed by atoms with E-state index in [2.05, 4.69) is 33.4 Å². The molecule has 3 heteroatoms. The van der Waals surface area contributed by atoms with Crippen LogP contribution in [0.3, 0.4) is 0 Å². The Morgan fingerprint density at radius 1 is 1.54 bits per heavy atom. The van der Waals surface area contributed by atoms with Crippen molar-refractivity contribution >= 4 is 15.9 Å². The zero-order valence-corrected chi connectivity index (χ0v) is 9.21. The SMILES string of the molecule is C[C@H](CO)NCc1cccc(Br)c1. The van der Waals surface area contributed by atoms with E-state index >= 15 is 0 Å². The summed E-state index contributed by atoms with van der Waals surface area (Å²) in [5.74, 6) is 0. The summed E-state index contributed by atoms with van der Waals surface area (Å²) in [5, 5.41) is 12.0. The lowest BCUT2D eigenvalue weighted by Crippen LogP contribution is -2.28. The highest BCUT2D eigenvalue weighted by Gasteiger charge is 1.98. The Morgan fingerprint density at radius 2 is 2.31 bits per heavy atom. The third-order valence-electron chi connectivity index (χ3n) is 1.82. The highest BCUT2D eigenvalue weighted by Crippen LogP contribution is 2.11. The molecule has 0 heterocycles. The predicted octanol–water partition coefficient (Wildman–Crippen LogP) is 1.92. The molecular formula is C10H14BrNO. The summed E-state index contributed by atoms with van der Waals surface area (Å²) >= 11 is 3.41. The molecule has 0 aliphatic carbocycles. The standard InChI is InChI=1S/C10H14BrNO/c1-8(7-13)12-6-9-3-2-4-10(11)5-9/h2-5,8,12-13H,6-7H2,1H3/t8-/m1/s1. The molecule has 0 saturated heterocycles. The van der Waals surface area contributed by atoms with Gasteiger partial charge in [0.05, 0.1) is 6.61 Å². The van der Waals surface area contributed by atoms with Crippen molar-refractivity contribution in [2.75, 3.05) is 6.61 Å². The fraction of sp³-hybridized carbons (Fsp3) is 0.400. The predicted molar refractivity (Wildman–Crippen MR) is 57.5 cm³/mol. The van der Waals surface area contributed by atoms with E-state index in [1.54, 1.807) is 0 Å². The van der Waals surface area contributed by atoms with E-state index in [1.807, 2.05) is 19.1 Å². The van der Waals surface area contributed by atoms with Gasteiger partial charge in [0, 0.05) is 17.1 Å². The summed E-state index contributed by atoms with van der Waals surface area (Å²) in [6.45, 7) is 2.92. The molecule has 0 aliphatic heterocycles. The van der Waals surface area contributed by atoms with Crippen molar-refractivity contribution in [1.82, 2.24) is 5.32 Å². The largest absolute Gasteiger partial charge is 0.395 e. The summed E-state index contributed by atoms with van der Waals surface area (Å²) in [5.41, 5.74) is 1.22. The summed E-state index contributed by atoms with van der Waals surface area (Å²) < 4.78 is 1.09. The minimum absolute atomic E-state index is 0.152. The molecule has 1 rings (SSSR count). The summed E-state index contributed by atoms with van der Waals surface area (Å²) in [6, 6.07) is 8.28. The van der Waals surface area contributed by atoms with Crippen molar-refractivity contribution in [1.29, 1.82) is 0 Å². The zero-order valence-electron chi connectivity index (χ0n) is 7.63. The minimum atomic E-state index is 0.152. The Kier molecular flexibility index (Phi) is 4.42. The van der Waals surface area contributed by atoms with Crippen LogP contribution in [0.1, 0.15) is 12.5 Å². The lowest BCUT2D eigenvalue weighted by Gasteiger charge is -2.10. The first kappa shape index (κ1) is 10.7. The molecule has 1 aromatic rings. The number of aliphatic hydroxyl groups is 1. The first-order chi connectivity index (χ1) is 6.22. The van der Waals surface area contributed by atoms with Crippen molar-refractivity contribution in [3.05, 3.63) is 34.3 Å². The topological polar surface area (TPSA) is 32.3 Å². The van der Waals surface area contributed by atoms with Crippen molar-refractivity contribution in [3.63, 3.8) is 0 Å². The molecule has 0 spiro atoms. The van der Waals surface area contributed by atoms with Crippen molar-refractivity contribution < 1.29 is 5.11 Å². The number of aliphatic hydroxyl groups excluding tert-OH is 1.